The van der Waals surface area contributed by atoms with Gasteiger partial charge in [-0.1, -0.05) is 6.42 Å². The number of hydrogen-bond donors (Lipinski definition) is 3. The number of anilines is 1. The second-order valence-electron chi connectivity index (χ2n) is 8.83. The van der Waals surface area contributed by atoms with E-state index in [4.69, 9.17) is 5.73 Å². The second kappa shape index (κ2) is 9.35. The number of rotatable bonds is 3. The summed E-state index contributed by atoms with van der Waals surface area (Å²) in [6, 6.07) is 6.78. The Balaban J connectivity index is 0.00000240. The van der Waals surface area contributed by atoms with Gasteiger partial charge in [0.25, 0.3) is 0 Å². The van der Waals surface area contributed by atoms with Gasteiger partial charge in [-0.25, -0.2) is 0 Å². The average molecular weight is 422 g/mol. The summed E-state index contributed by atoms with van der Waals surface area (Å²) in [7, 11) is 0. The van der Waals surface area contributed by atoms with Crippen molar-refractivity contribution in [3.63, 3.8) is 0 Å². The molecule has 4 rings (SSSR count). The molecule has 6 nitrogen and oxygen atoms in total. The van der Waals surface area contributed by atoms with Crippen LogP contribution in [0.15, 0.2) is 24.3 Å². The monoisotopic (exact) mass is 421 g/mol. The summed E-state index contributed by atoms with van der Waals surface area (Å²) < 4.78 is 0. The molecule has 3 aliphatic rings. The van der Waals surface area contributed by atoms with E-state index in [0.717, 1.165) is 12.8 Å². The van der Waals surface area contributed by atoms with Crippen molar-refractivity contribution < 1.29 is 14.7 Å². The number of phenolic OH excluding ortho intramolecular Hbond substituents is 1. The molecule has 0 aromatic heterocycles. The molecule has 2 aliphatic carbocycles. The van der Waals surface area contributed by atoms with Crippen LogP contribution in [-0.4, -0.2) is 41.0 Å². The van der Waals surface area contributed by atoms with Crippen LogP contribution in [0.25, 0.3) is 0 Å². The molecule has 2 saturated carbocycles. The lowest BCUT2D eigenvalue weighted by Crippen LogP contribution is -2.51. The van der Waals surface area contributed by atoms with Crippen molar-refractivity contribution in [1.82, 2.24) is 4.90 Å². The number of carbonyl (C=O) groups is 2. The largest absolute Gasteiger partial charge is 0.508 e. The molecule has 1 aromatic carbocycles. The molecule has 1 saturated heterocycles. The third-order valence-corrected chi connectivity index (χ3v) is 7.07. The number of piperidine rings is 1. The Morgan fingerprint density at radius 1 is 0.966 bits per heavy atom. The van der Waals surface area contributed by atoms with E-state index in [1.54, 1.807) is 24.3 Å². The van der Waals surface area contributed by atoms with E-state index >= 15 is 0 Å². The van der Waals surface area contributed by atoms with Crippen LogP contribution in [0.3, 0.4) is 0 Å². The maximum Gasteiger partial charge on any atom is 0.227 e. The van der Waals surface area contributed by atoms with Crippen LogP contribution in [-0.2, 0) is 9.59 Å². The Morgan fingerprint density at radius 2 is 1.55 bits per heavy atom. The minimum absolute atomic E-state index is 0. The van der Waals surface area contributed by atoms with Gasteiger partial charge >= 0.3 is 0 Å². The first kappa shape index (κ1) is 21.9. The standard InChI is InChI=1S/C22H31N3O3.ClH/c23-20-15-2-1-3-16(20)13-17(12-15)22(28)25-10-8-14(9-11-25)21(27)24-18-4-6-19(26)7-5-18;/h4-7,14-17,20,26H,1-3,8-13,23H2,(H,24,27);1H. The Bertz CT molecular complexity index is 705. The number of nitrogens with one attached hydrogen (secondary N) is 1. The number of nitrogens with zero attached hydrogens (tertiary/aromatic N) is 1. The fourth-order valence-electron chi connectivity index (χ4n) is 5.40. The van der Waals surface area contributed by atoms with Gasteiger partial charge < -0.3 is 21.1 Å². The molecule has 3 fully saturated rings. The number of nitrogens with two attached hydrogens (primary N) is 1. The molecule has 0 radical (unpaired) electrons. The number of hydrogen-bond acceptors (Lipinski definition) is 4. The predicted octanol–water partition coefficient (Wildman–Crippen LogP) is 3.14. The molecule has 1 aromatic rings. The van der Waals surface area contributed by atoms with Crippen molar-refractivity contribution in [3.8, 4) is 5.75 Å². The van der Waals surface area contributed by atoms with Gasteiger partial charge in [-0.15, -0.1) is 12.4 Å². The number of halogens is 1. The minimum Gasteiger partial charge on any atom is -0.508 e. The molecule has 2 unspecified atom stereocenters. The minimum atomic E-state index is -0.0722. The van der Waals surface area contributed by atoms with Crippen molar-refractivity contribution in [3.05, 3.63) is 24.3 Å². The van der Waals surface area contributed by atoms with E-state index in [9.17, 15) is 14.7 Å². The summed E-state index contributed by atoms with van der Waals surface area (Å²) in [5.41, 5.74) is 7.05. The summed E-state index contributed by atoms with van der Waals surface area (Å²) in [5, 5.41) is 12.2. The summed E-state index contributed by atoms with van der Waals surface area (Å²) in [4.78, 5) is 27.5. The van der Waals surface area contributed by atoms with Gasteiger partial charge in [-0.3, -0.25) is 9.59 Å². The zero-order chi connectivity index (χ0) is 19.7. The maximum atomic E-state index is 13.1. The van der Waals surface area contributed by atoms with Crippen LogP contribution < -0.4 is 11.1 Å². The molecule has 2 atom stereocenters. The van der Waals surface area contributed by atoms with E-state index in [1.807, 2.05) is 4.90 Å². The fourth-order valence-corrected chi connectivity index (χ4v) is 5.40. The fraction of sp³-hybridized carbons (Fsp3) is 0.636. The Kier molecular flexibility index (Phi) is 7.06. The SMILES string of the molecule is Cl.NC1C2CCCC1CC(C(=O)N1CCC(C(=O)Nc3ccc(O)cc3)CC1)C2. The van der Waals surface area contributed by atoms with Gasteiger partial charge in [0.05, 0.1) is 0 Å². The number of likely N-dealkylation sites (tertiary alicyclic amines) is 1. The number of amides is 2. The number of carbonyl (C=O) groups excluding carboxylic acids is 2. The molecular weight excluding hydrogens is 390 g/mol. The van der Waals surface area contributed by atoms with Crippen molar-refractivity contribution in [2.24, 2.45) is 29.4 Å². The van der Waals surface area contributed by atoms with E-state index < -0.39 is 0 Å². The van der Waals surface area contributed by atoms with Crippen LogP contribution in [0.4, 0.5) is 5.69 Å². The highest BCUT2D eigenvalue weighted by atomic mass is 35.5. The highest BCUT2D eigenvalue weighted by Gasteiger charge is 2.42. The van der Waals surface area contributed by atoms with Crippen LogP contribution >= 0.6 is 12.4 Å². The van der Waals surface area contributed by atoms with Crippen molar-refractivity contribution in [2.45, 2.75) is 51.0 Å². The number of benzene rings is 1. The second-order valence-corrected chi connectivity index (χ2v) is 8.83. The van der Waals surface area contributed by atoms with Crippen molar-refractivity contribution in [2.75, 3.05) is 18.4 Å². The Labute approximate surface area is 178 Å². The first-order chi connectivity index (χ1) is 13.5. The summed E-state index contributed by atoms with van der Waals surface area (Å²) in [6.45, 7) is 1.31. The van der Waals surface area contributed by atoms with Crippen LogP contribution in [0.5, 0.6) is 5.75 Å². The third kappa shape index (κ3) is 4.86. The average Bonchev–Trinajstić information content (AvgIpc) is 2.69. The first-order valence-electron chi connectivity index (χ1n) is 10.7. The zero-order valence-electron chi connectivity index (χ0n) is 16.8. The van der Waals surface area contributed by atoms with Gasteiger partial charge in [0.1, 0.15) is 5.75 Å². The summed E-state index contributed by atoms with van der Waals surface area (Å²) in [6.07, 6.45) is 6.88. The highest BCUT2D eigenvalue weighted by Crippen LogP contribution is 2.42. The van der Waals surface area contributed by atoms with Crippen LogP contribution in [0, 0.1) is 23.7 Å². The number of fused-ring (bicyclic) bond motifs is 2. The molecule has 160 valence electrons. The normalized spacial score (nSPS) is 29.6. The molecular formula is C22H32ClN3O3. The molecule has 0 spiro atoms. The summed E-state index contributed by atoms with van der Waals surface area (Å²) in [5.74, 6) is 1.52. The molecule has 1 aliphatic heterocycles. The van der Waals surface area contributed by atoms with Crippen molar-refractivity contribution >= 4 is 29.9 Å². The molecule has 2 amide bonds. The smallest absolute Gasteiger partial charge is 0.227 e. The molecule has 29 heavy (non-hydrogen) atoms. The Morgan fingerprint density at radius 3 is 2.14 bits per heavy atom. The topological polar surface area (TPSA) is 95.7 Å². The van der Waals surface area contributed by atoms with E-state index in [2.05, 4.69) is 5.32 Å². The van der Waals surface area contributed by atoms with E-state index in [0.29, 0.717) is 43.5 Å². The Hall–Kier alpha value is -1.79. The molecule has 4 N–H and O–H groups in total. The number of phenols is 1. The lowest BCUT2D eigenvalue weighted by Gasteiger charge is -2.45. The van der Waals surface area contributed by atoms with E-state index in [-0.39, 0.29) is 47.8 Å². The maximum absolute atomic E-state index is 13.1. The van der Waals surface area contributed by atoms with Gasteiger partial charge in [-0.2, -0.15) is 0 Å². The van der Waals surface area contributed by atoms with E-state index in [1.165, 1.54) is 19.3 Å². The highest BCUT2D eigenvalue weighted by molar-refractivity contribution is 5.92. The molecule has 2 bridgehead atoms. The van der Waals surface area contributed by atoms with Crippen LogP contribution in [0.1, 0.15) is 44.9 Å². The van der Waals surface area contributed by atoms with Crippen molar-refractivity contribution in [1.29, 1.82) is 0 Å². The van der Waals surface area contributed by atoms with Gasteiger partial charge in [0.2, 0.25) is 11.8 Å². The number of aromatic hydroxyl groups is 1. The third-order valence-electron chi connectivity index (χ3n) is 7.07. The molecule has 7 heteroatoms. The van der Waals surface area contributed by atoms with Gasteiger partial charge in [0, 0.05) is 36.7 Å². The van der Waals surface area contributed by atoms with Gasteiger partial charge in [0.15, 0.2) is 0 Å². The zero-order valence-corrected chi connectivity index (χ0v) is 17.6. The molecule has 1 heterocycles. The predicted molar refractivity (Wildman–Crippen MR) is 115 cm³/mol. The lowest BCUT2D eigenvalue weighted by molar-refractivity contribution is -0.141. The van der Waals surface area contributed by atoms with Crippen LogP contribution in [0.2, 0.25) is 0 Å². The first-order valence-corrected chi connectivity index (χ1v) is 10.7. The van der Waals surface area contributed by atoms with Gasteiger partial charge in [-0.05, 0) is 74.6 Å². The quantitative estimate of drug-likeness (QED) is 0.653. The lowest BCUT2D eigenvalue weighted by atomic mass is 9.65. The summed E-state index contributed by atoms with van der Waals surface area (Å²) >= 11 is 0.